The number of aryl methyl sites for hydroxylation is 2. The largest absolute Gasteiger partial charge is 0.456 e. The van der Waals surface area contributed by atoms with Crippen molar-refractivity contribution >= 4 is 22.6 Å². The lowest BCUT2D eigenvalue weighted by molar-refractivity contribution is 0.0466. The number of carbonyl (C=O) groups excluding carboxylic acids is 1. The monoisotopic (exact) mass is 391 g/mol. The van der Waals surface area contributed by atoms with Gasteiger partial charge in [-0.2, -0.15) is 5.10 Å². The first-order chi connectivity index (χ1) is 13.8. The average Bonchev–Trinajstić information content (AvgIpc) is 3.09. The van der Waals surface area contributed by atoms with E-state index in [0.717, 1.165) is 16.6 Å². The summed E-state index contributed by atoms with van der Waals surface area (Å²) in [5.41, 5.74) is 3.31. The molecule has 0 atom stereocenters. The minimum atomic E-state index is -0.514. The van der Waals surface area contributed by atoms with Crippen molar-refractivity contribution in [3.63, 3.8) is 0 Å². The highest BCUT2D eigenvalue weighted by atomic mass is 16.5. The van der Waals surface area contributed by atoms with Gasteiger partial charge >= 0.3 is 5.97 Å². The van der Waals surface area contributed by atoms with Crippen LogP contribution in [-0.2, 0) is 11.3 Å². The van der Waals surface area contributed by atoms with Gasteiger partial charge in [0, 0.05) is 23.7 Å². The van der Waals surface area contributed by atoms with Crippen molar-refractivity contribution in [2.24, 2.45) is 0 Å². The zero-order valence-corrected chi connectivity index (χ0v) is 16.7. The summed E-state index contributed by atoms with van der Waals surface area (Å²) in [6.45, 7) is 7.61. The first-order valence-electron chi connectivity index (χ1n) is 9.34. The molecule has 0 spiro atoms. The molecule has 148 valence electrons. The van der Waals surface area contributed by atoms with E-state index in [2.05, 4.69) is 15.1 Å². The molecule has 0 N–H and O–H groups in total. The summed E-state index contributed by atoms with van der Waals surface area (Å²) in [6.07, 6.45) is 3.41. The van der Waals surface area contributed by atoms with E-state index >= 15 is 0 Å². The lowest BCUT2D eigenvalue weighted by Crippen LogP contribution is -2.17. The molecule has 0 amide bonds. The molecule has 0 aliphatic rings. The Morgan fingerprint density at radius 2 is 1.97 bits per heavy atom. The molecule has 0 saturated carbocycles. The Bertz CT molecular complexity index is 1300. The molecule has 4 rings (SSSR count). The van der Waals surface area contributed by atoms with E-state index in [1.807, 2.05) is 31.5 Å². The van der Waals surface area contributed by atoms with Crippen LogP contribution in [0.25, 0.3) is 16.7 Å². The van der Waals surface area contributed by atoms with Crippen molar-refractivity contribution in [1.29, 1.82) is 0 Å². The molecular formula is C21H21N5O3. The van der Waals surface area contributed by atoms with Crippen LogP contribution in [0.2, 0.25) is 0 Å². The maximum Gasteiger partial charge on any atom is 0.340 e. The van der Waals surface area contributed by atoms with Crippen LogP contribution in [-0.4, -0.2) is 30.1 Å². The molecule has 8 nitrogen and oxygen atoms in total. The summed E-state index contributed by atoms with van der Waals surface area (Å²) in [6, 6.07) is 6.91. The van der Waals surface area contributed by atoms with Gasteiger partial charge in [0.2, 0.25) is 0 Å². The van der Waals surface area contributed by atoms with Crippen LogP contribution in [0.3, 0.4) is 0 Å². The number of fused-ring (bicyclic) bond motifs is 2. The number of aromatic nitrogens is 5. The highest BCUT2D eigenvalue weighted by molar-refractivity contribution is 5.94. The Labute approximate surface area is 166 Å². The Morgan fingerprint density at radius 3 is 2.72 bits per heavy atom. The first kappa shape index (κ1) is 18.8. The van der Waals surface area contributed by atoms with Crippen LogP contribution in [0, 0.1) is 13.8 Å². The molecule has 0 bridgehead atoms. The van der Waals surface area contributed by atoms with Gasteiger partial charge in [0.15, 0.2) is 5.65 Å². The van der Waals surface area contributed by atoms with Crippen molar-refractivity contribution < 1.29 is 9.53 Å². The third kappa shape index (κ3) is 3.49. The minimum absolute atomic E-state index is 0.0960. The molecule has 0 aromatic carbocycles. The molecule has 0 unspecified atom stereocenters. The summed E-state index contributed by atoms with van der Waals surface area (Å²) in [5.74, 6) is -0.514. The number of carbonyl (C=O) groups is 1. The van der Waals surface area contributed by atoms with Gasteiger partial charge in [-0.05, 0) is 45.4 Å². The molecule has 4 aromatic heterocycles. The molecule has 0 fully saturated rings. The van der Waals surface area contributed by atoms with Crippen molar-refractivity contribution in [3.05, 3.63) is 69.5 Å². The number of rotatable bonds is 4. The van der Waals surface area contributed by atoms with Crippen LogP contribution in [0.4, 0.5) is 0 Å². The van der Waals surface area contributed by atoms with Gasteiger partial charge in [-0.15, -0.1) is 0 Å². The zero-order chi connectivity index (χ0) is 20.7. The normalized spacial score (nSPS) is 11.5. The third-order valence-corrected chi connectivity index (χ3v) is 4.68. The molecular weight excluding hydrogens is 370 g/mol. The molecule has 0 radical (unpaired) electrons. The summed E-state index contributed by atoms with van der Waals surface area (Å²) in [7, 11) is 0. The van der Waals surface area contributed by atoms with Gasteiger partial charge in [0.05, 0.1) is 23.1 Å². The molecule has 4 heterocycles. The van der Waals surface area contributed by atoms with Gasteiger partial charge in [-0.25, -0.2) is 19.4 Å². The van der Waals surface area contributed by atoms with Gasteiger partial charge in [0.1, 0.15) is 12.3 Å². The lowest BCUT2D eigenvalue weighted by Gasteiger charge is -2.10. The summed E-state index contributed by atoms with van der Waals surface area (Å²) in [5, 5.41) is 5.10. The smallest absolute Gasteiger partial charge is 0.340 e. The lowest BCUT2D eigenvalue weighted by atomic mass is 10.2. The maximum atomic E-state index is 12.6. The quantitative estimate of drug-likeness (QED) is 0.497. The second kappa shape index (κ2) is 7.12. The van der Waals surface area contributed by atoms with Crippen LogP contribution in [0.15, 0.2) is 41.5 Å². The highest BCUT2D eigenvalue weighted by Gasteiger charge is 2.17. The second-order valence-electron chi connectivity index (χ2n) is 7.31. The predicted octanol–water partition coefficient (Wildman–Crippen LogP) is 2.99. The molecule has 0 aliphatic heterocycles. The van der Waals surface area contributed by atoms with Gasteiger partial charge in [0.25, 0.3) is 5.56 Å². The van der Waals surface area contributed by atoms with Crippen LogP contribution < -0.4 is 5.56 Å². The zero-order valence-electron chi connectivity index (χ0n) is 16.7. The average molecular weight is 391 g/mol. The number of esters is 1. The number of hydrogen-bond donors (Lipinski definition) is 0. The van der Waals surface area contributed by atoms with E-state index in [1.165, 1.54) is 10.5 Å². The van der Waals surface area contributed by atoms with Gasteiger partial charge in [-0.1, -0.05) is 6.07 Å². The van der Waals surface area contributed by atoms with Crippen molar-refractivity contribution in [3.8, 4) is 0 Å². The Morgan fingerprint density at radius 1 is 1.17 bits per heavy atom. The van der Waals surface area contributed by atoms with E-state index in [0.29, 0.717) is 22.6 Å². The molecule has 0 saturated heterocycles. The molecule has 8 heteroatoms. The van der Waals surface area contributed by atoms with E-state index in [1.54, 1.807) is 31.5 Å². The summed E-state index contributed by atoms with van der Waals surface area (Å²) >= 11 is 0. The van der Waals surface area contributed by atoms with E-state index in [4.69, 9.17) is 4.74 Å². The number of pyridine rings is 2. The third-order valence-electron chi connectivity index (χ3n) is 4.68. The van der Waals surface area contributed by atoms with Crippen molar-refractivity contribution in [2.45, 2.75) is 40.3 Å². The minimum Gasteiger partial charge on any atom is -0.456 e. The summed E-state index contributed by atoms with van der Waals surface area (Å²) < 4.78 is 8.69. The number of ether oxygens (including phenoxy) is 1. The summed E-state index contributed by atoms with van der Waals surface area (Å²) in [4.78, 5) is 33.8. The van der Waals surface area contributed by atoms with Gasteiger partial charge in [-0.3, -0.25) is 9.20 Å². The van der Waals surface area contributed by atoms with Crippen LogP contribution >= 0.6 is 0 Å². The molecule has 0 aliphatic carbocycles. The highest BCUT2D eigenvalue weighted by Crippen LogP contribution is 2.20. The SMILES string of the molecule is Cc1ccc2nc(COC(=O)c3cc4cnn(C(C)C)c4nc3C)cc(=O)n2c1. The predicted molar refractivity (Wildman–Crippen MR) is 108 cm³/mol. The van der Waals surface area contributed by atoms with Crippen molar-refractivity contribution in [2.75, 3.05) is 0 Å². The van der Waals surface area contributed by atoms with E-state index < -0.39 is 5.97 Å². The first-order valence-corrected chi connectivity index (χ1v) is 9.34. The number of hydrogen-bond acceptors (Lipinski definition) is 6. The van der Waals surface area contributed by atoms with Crippen LogP contribution in [0.5, 0.6) is 0 Å². The Kier molecular flexibility index (Phi) is 4.62. The van der Waals surface area contributed by atoms with Crippen LogP contribution in [0.1, 0.15) is 47.2 Å². The van der Waals surface area contributed by atoms with E-state index in [9.17, 15) is 9.59 Å². The Balaban J connectivity index is 1.58. The maximum absolute atomic E-state index is 12.6. The Hall–Kier alpha value is -3.55. The number of nitrogens with zero attached hydrogens (tertiary/aromatic N) is 5. The fourth-order valence-corrected chi connectivity index (χ4v) is 3.20. The standard InChI is InChI=1S/C21H21N5O3/c1-12(2)26-20-15(9-22-26)7-17(14(4)23-20)21(28)29-11-16-8-19(27)25-10-13(3)5-6-18(25)24-16/h5-10,12H,11H2,1-4H3. The van der Waals surface area contributed by atoms with Crippen molar-refractivity contribution in [1.82, 2.24) is 24.1 Å². The van der Waals surface area contributed by atoms with E-state index in [-0.39, 0.29) is 18.2 Å². The fraction of sp³-hybridized carbons (Fsp3) is 0.286. The molecule has 29 heavy (non-hydrogen) atoms. The fourth-order valence-electron chi connectivity index (χ4n) is 3.20. The second-order valence-corrected chi connectivity index (χ2v) is 7.31. The molecule has 4 aromatic rings. The van der Waals surface area contributed by atoms with Gasteiger partial charge < -0.3 is 4.74 Å². The topological polar surface area (TPSA) is 91.4 Å².